The van der Waals surface area contributed by atoms with Crippen molar-refractivity contribution in [1.29, 1.82) is 0 Å². The summed E-state index contributed by atoms with van der Waals surface area (Å²) in [6.07, 6.45) is 9.82. The quantitative estimate of drug-likeness (QED) is 0.763. The standard InChI is InChI=1S/C13H15IN4O/c1-17-8-9(6-16-17)12-15-7-11(14)13(19)18(12)10-4-2-3-5-10/h6-8,10H,2-5H2,1H3. The van der Waals surface area contributed by atoms with E-state index in [0.717, 1.165) is 24.2 Å². The van der Waals surface area contributed by atoms with Gasteiger partial charge in [0.15, 0.2) is 0 Å². The van der Waals surface area contributed by atoms with Crippen LogP contribution in [0.1, 0.15) is 31.7 Å². The third kappa shape index (κ3) is 2.33. The lowest BCUT2D eigenvalue weighted by molar-refractivity contribution is 0.499. The highest BCUT2D eigenvalue weighted by Crippen LogP contribution is 2.31. The zero-order valence-corrected chi connectivity index (χ0v) is 12.9. The second-order valence-electron chi connectivity index (χ2n) is 4.95. The van der Waals surface area contributed by atoms with Crippen molar-refractivity contribution >= 4 is 22.6 Å². The molecule has 5 nitrogen and oxygen atoms in total. The van der Waals surface area contributed by atoms with Crippen molar-refractivity contribution in [3.05, 3.63) is 32.5 Å². The molecule has 0 radical (unpaired) electrons. The zero-order chi connectivity index (χ0) is 13.4. The Labute approximate surface area is 124 Å². The summed E-state index contributed by atoms with van der Waals surface area (Å²) in [6.45, 7) is 0. The minimum absolute atomic E-state index is 0.0707. The Morgan fingerprint density at radius 1 is 1.32 bits per heavy atom. The van der Waals surface area contributed by atoms with Crippen LogP contribution in [-0.4, -0.2) is 19.3 Å². The maximum atomic E-state index is 12.4. The fourth-order valence-corrected chi connectivity index (χ4v) is 3.10. The first-order chi connectivity index (χ1) is 9.16. The van der Waals surface area contributed by atoms with Crippen LogP contribution in [0.3, 0.4) is 0 Å². The summed E-state index contributed by atoms with van der Waals surface area (Å²) in [5, 5.41) is 4.17. The summed E-state index contributed by atoms with van der Waals surface area (Å²) in [5.74, 6) is 0.741. The van der Waals surface area contributed by atoms with Crippen molar-refractivity contribution in [3.8, 4) is 11.4 Å². The first-order valence-electron chi connectivity index (χ1n) is 6.43. The molecule has 0 amide bonds. The van der Waals surface area contributed by atoms with E-state index in [1.54, 1.807) is 17.1 Å². The molecule has 2 aromatic heterocycles. The van der Waals surface area contributed by atoms with Gasteiger partial charge in [0.25, 0.3) is 5.56 Å². The van der Waals surface area contributed by atoms with Gasteiger partial charge in [0.2, 0.25) is 0 Å². The summed E-state index contributed by atoms with van der Waals surface area (Å²) in [7, 11) is 1.87. The highest BCUT2D eigenvalue weighted by molar-refractivity contribution is 14.1. The monoisotopic (exact) mass is 370 g/mol. The van der Waals surface area contributed by atoms with E-state index in [9.17, 15) is 4.79 Å². The van der Waals surface area contributed by atoms with Crippen molar-refractivity contribution in [2.75, 3.05) is 0 Å². The Balaban J connectivity index is 2.18. The lowest BCUT2D eigenvalue weighted by atomic mass is 10.2. The molecule has 19 heavy (non-hydrogen) atoms. The van der Waals surface area contributed by atoms with Crippen LogP contribution in [0.5, 0.6) is 0 Å². The summed E-state index contributed by atoms with van der Waals surface area (Å²) in [6, 6.07) is 0.282. The van der Waals surface area contributed by atoms with Gasteiger partial charge in [-0.1, -0.05) is 12.8 Å². The minimum atomic E-state index is 0.0707. The summed E-state index contributed by atoms with van der Waals surface area (Å²) in [5.41, 5.74) is 0.976. The SMILES string of the molecule is Cn1cc(-c2ncc(I)c(=O)n2C2CCCC2)cn1. The normalized spacial score (nSPS) is 16.1. The van der Waals surface area contributed by atoms with Gasteiger partial charge in [-0.2, -0.15) is 5.10 Å². The average molecular weight is 370 g/mol. The summed E-state index contributed by atoms with van der Waals surface area (Å²) < 4.78 is 4.28. The molecule has 100 valence electrons. The number of hydrogen-bond donors (Lipinski definition) is 0. The molecular formula is C13H15IN4O. The van der Waals surface area contributed by atoms with E-state index in [4.69, 9.17) is 0 Å². The Hall–Kier alpha value is -1.18. The molecule has 0 unspecified atom stereocenters. The van der Waals surface area contributed by atoms with E-state index in [1.165, 1.54) is 12.8 Å². The molecule has 0 bridgehead atoms. The van der Waals surface area contributed by atoms with Crippen molar-refractivity contribution < 1.29 is 0 Å². The molecule has 1 fully saturated rings. The van der Waals surface area contributed by atoms with Crippen molar-refractivity contribution in [2.24, 2.45) is 7.05 Å². The van der Waals surface area contributed by atoms with Gasteiger partial charge in [-0.15, -0.1) is 0 Å². The van der Waals surface area contributed by atoms with E-state index in [-0.39, 0.29) is 11.6 Å². The van der Waals surface area contributed by atoms with Crippen LogP contribution in [0.4, 0.5) is 0 Å². The summed E-state index contributed by atoms with van der Waals surface area (Å²) >= 11 is 2.06. The average Bonchev–Trinajstić information content (AvgIpc) is 3.03. The van der Waals surface area contributed by atoms with Crippen LogP contribution in [0.25, 0.3) is 11.4 Å². The molecule has 2 heterocycles. The minimum Gasteiger partial charge on any atom is -0.289 e. The van der Waals surface area contributed by atoms with Gasteiger partial charge in [-0.25, -0.2) is 4.98 Å². The maximum absolute atomic E-state index is 12.4. The molecule has 0 aliphatic heterocycles. The first kappa shape index (κ1) is 12.8. The zero-order valence-electron chi connectivity index (χ0n) is 10.7. The Morgan fingerprint density at radius 2 is 2.05 bits per heavy atom. The van der Waals surface area contributed by atoms with Crippen LogP contribution in [0.15, 0.2) is 23.4 Å². The van der Waals surface area contributed by atoms with Crippen molar-refractivity contribution in [3.63, 3.8) is 0 Å². The lowest BCUT2D eigenvalue weighted by Gasteiger charge is -2.17. The van der Waals surface area contributed by atoms with Crippen LogP contribution in [0.2, 0.25) is 0 Å². The summed E-state index contributed by atoms with van der Waals surface area (Å²) in [4.78, 5) is 16.9. The van der Waals surface area contributed by atoms with E-state index in [2.05, 4.69) is 32.7 Å². The second kappa shape index (κ2) is 5.07. The molecule has 0 atom stereocenters. The second-order valence-corrected chi connectivity index (χ2v) is 6.11. The smallest absolute Gasteiger partial charge is 0.267 e. The van der Waals surface area contributed by atoms with Gasteiger partial charge in [0.1, 0.15) is 5.82 Å². The van der Waals surface area contributed by atoms with E-state index >= 15 is 0 Å². The molecule has 3 rings (SSSR count). The van der Waals surface area contributed by atoms with Gasteiger partial charge >= 0.3 is 0 Å². The molecule has 0 aromatic carbocycles. The van der Waals surface area contributed by atoms with Gasteiger partial charge in [0.05, 0.1) is 15.3 Å². The predicted molar refractivity (Wildman–Crippen MR) is 80.9 cm³/mol. The maximum Gasteiger partial charge on any atom is 0.267 e. The topological polar surface area (TPSA) is 52.7 Å². The highest BCUT2D eigenvalue weighted by atomic mass is 127. The molecule has 6 heteroatoms. The molecule has 1 saturated carbocycles. The van der Waals surface area contributed by atoms with Crippen LogP contribution in [-0.2, 0) is 7.05 Å². The van der Waals surface area contributed by atoms with Gasteiger partial charge in [0, 0.05) is 25.5 Å². The van der Waals surface area contributed by atoms with Gasteiger partial charge in [-0.3, -0.25) is 14.0 Å². The molecule has 0 N–H and O–H groups in total. The number of aryl methyl sites for hydroxylation is 1. The third-order valence-corrected chi connectivity index (χ3v) is 4.34. The van der Waals surface area contributed by atoms with Gasteiger partial charge in [-0.05, 0) is 35.4 Å². The Kier molecular flexibility index (Phi) is 3.42. The van der Waals surface area contributed by atoms with E-state index in [1.807, 2.05) is 17.8 Å². The van der Waals surface area contributed by atoms with Gasteiger partial charge < -0.3 is 0 Å². The Morgan fingerprint density at radius 3 is 2.68 bits per heavy atom. The number of hydrogen-bond acceptors (Lipinski definition) is 3. The molecule has 1 aliphatic carbocycles. The number of nitrogens with zero attached hydrogens (tertiary/aromatic N) is 4. The Bertz CT molecular complexity index is 655. The fourth-order valence-electron chi connectivity index (χ4n) is 2.70. The molecule has 0 saturated heterocycles. The van der Waals surface area contributed by atoms with Crippen molar-refractivity contribution in [1.82, 2.24) is 19.3 Å². The molecular weight excluding hydrogens is 355 g/mol. The lowest BCUT2D eigenvalue weighted by Crippen LogP contribution is -2.28. The van der Waals surface area contributed by atoms with E-state index in [0.29, 0.717) is 3.57 Å². The molecule has 1 aliphatic rings. The number of halogens is 1. The number of aromatic nitrogens is 4. The molecule has 0 spiro atoms. The van der Waals surface area contributed by atoms with Crippen LogP contribution >= 0.6 is 22.6 Å². The first-order valence-corrected chi connectivity index (χ1v) is 7.51. The van der Waals surface area contributed by atoms with Crippen LogP contribution < -0.4 is 5.56 Å². The van der Waals surface area contributed by atoms with Crippen molar-refractivity contribution in [2.45, 2.75) is 31.7 Å². The number of rotatable bonds is 2. The molecule has 2 aromatic rings. The van der Waals surface area contributed by atoms with Crippen LogP contribution in [0, 0.1) is 3.57 Å². The predicted octanol–water partition coefficient (Wildman–Crippen LogP) is 2.36. The van der Waals surface area contributed by atoms with E-state index < -0.39 is 0 Å². The highest BCUT2D eigenvalue weighted by Gasteiger charge is 2.23. The largest absolute Gasteiger partial charge is 0.289 e. The fraction of sp³-hybridized carbons (Fsp3) is 0.462. The third-order valence-electron chi connectivity index (χ3n) is 3.60.